The van der Waals surface area contributed by atoms with E-state index in [1.807, 2.05) is 45.0 Å². The van der Waals surface area contributed by atoms with Crippen molar-refractivity contribution < 1.29 is 9.63 Å². The van der Waals surface area contributed by atoms with Gasteiger partial charge in [-0.2, -0.15) is 0 Å². The Morgan fingerprint density at radius 3 is 2.69 bits per heavy atom. The summed E-state index contributed by atoms with van der Waals surface area (Å²) < 4.78 is 0.967. The summed E-state index contributed by atoms with van der Waals surface area (Å²) in [7, 11) is 0. The first-order valence-electron chi connectivity index (χ1n) is 5.08. The molecule has 1 amide bonds. The number of hydroxylamine groups is 1. The Labute approximate surface area is 104 Å². The van der Waals surface area contributed by atoms with Gasteiger partial charge in [-0.05, 0) is 38.5 Å². The van der Waals surface area contributed by atoms with Crippen LogP contribution in [0.1, 0.15) is 26.3 Å². The van der Waals surface area contributed by atoms with Crippen molar-refractivity contribution in [3.63, 3.8) is 0 Å². The zero-order valence-electron chi connectivity index (χ0n) is 9.71. The van der Waals surface area contributed by atoms with Crippen molar-refractivity contribution in [1.82, 2.24) is 5.48 Å². The highest BCUT2D eigenvalue weighted by molar-refractivity contribution is 9.10. The Bertz CT molecular complexity index is 372. The first-order chi connectivity index (χ1) is 7.37. The minimum absolute atomic E-state index is 0.145. The Balaban J connectivity index is 2.46. The van der Waals surface area contributed by atoms with Crippen molar-refractivity contribution in [2.75, 3.05) is 0 Å². The quantitative estimate of drug-likeness (QED) is 0.868. The van der Waals surface area contributed by atoms with Gasteiger partial charge in [0.25, 0.3) is 0 Å². The molecule has 1 N–H and O–H groups in total. The van der Waals surface area contributed by atoms with Crippen LogP contribution in [-0.4, -0.2) is 11.5 Å². The number of carbonyl (C=O) groups is 1. The lowest BCUT2D eigenvalue weighted by molar-refractivity contribution is -0.144. The number of carbonyl (C=O) groups excluding carboxylic acids is 1. The molecule has 4 heteroatoms. The van der Waals surface area contributed by atoms with Crippen molar-refractivity contribution >= 4 is 21.8 Å². The molecule has 0 saturated heterocycles. The molecule has 3 nitrogen and oxygen atoms in total. The normalized spacial score (nSPS) is 11.2. The summed E-state index contributed by atoms with van der Waals surface area (Å²) in [6.07, 6.45) is 0.315. The van der Waals surface area contributed by atoms with E-state index in [9.17, 15) is 4.79 Å². The molecule has 88 valence electrons. The van der Waals surface area contributed by atoms with E-state index in [1.165, 1.54) is 0 Å². The van der Waals surface area contributed by atoms with E-state index in [4.69, 9.17) is 4.84 Å². The van der Waals surface area contributed by atoms with Crippen LogP contribution in [0.4, 0.5) is 0 Å². The molecule has 0 heterocycles. The van der Waals surface area contributed by atoms with Crippen LogP contribution in [0, 0.1) is 0 Å². The van der Waals surface area contributed by atoms with Crippen molar-refractivity contribution in [2.45, 2.75) is 32.8 Å². The second-order valence-corrected chi connectivity index (χ2v) is 5.46. The van der Waals surface area contributed by atoms with Crippen LogP contribution in [-0.2, 0) is 16.1 Å². The van der Waals surface area contributed by atoms with Gasteiger partial charge < -0.3 is 0 Å². The fraction of sp³-hybridized carbons (Fsp3) is 0.417. The Morgan fingerprint density at radius 1 is 1.44 bits per heavy atom. The number of hydrogen-bond acceptors (Lipinski definition) is 2. The maximum Gasteiger partial charge on any atom is 0.247 e. The lowest BCUT2D eigenvalue weighted by Gasteiger charge is -2.18. The van der Waals surface area contributed by atoms with Gasteiger partial charge in [-0.15, -0.1) is 0 Å². The molecule has 0 bridgehead atoms. The predicted octanol–water partition coefficient (Wildman–Crippen LogP) is 2.84. The SMILES string of the molecule is CC(C)(C)ONC(=O)Cc1cccc(Br)c1. The Kier molecular flexibility index (Phi) is 4.50. The smallest absolute Gasteiger partial charge is 0.247 e. The van der Waals surface area contributed by atoms with E-state index in [0.717, 1.165) is 10.0 Å². The summed E-state index contributed by atoms with van der Waals surface area (Å²) in [5, 5.41) is 0. The average Bonchev–Trinajstić information content (AvgIpc) is 2.14. The fourth-order valence-corrected chi connectivity index (χ4v) is 1.53. The van der Waals surface area contributed by atoms with Crippen molar-refractivity contribution in [2.24, 2.45) is 0 Å². The number of benzene rings is 1. The molecule has 0 fully saturated rings. The number of nitrogens with one attached hydrogen (secondary N) is 1. The van der Waals surface area contributed by atoms with E-state index in [0.29, 0.717) is 6.42 Å². The summed E-state index contributed by atoms with van der Waals surface area (Å²) in [5.41, 5.74) is 3.02. The molecule has 1 aromatic carbocycles. The second-order valence-electron chi connectivity index (χ2n) is 4.55. The minimum atomic E-state index is -0.368. The molecule has 16 heavy (non-hydrogen) atoms. The minimum Gasteiger partial charge on any atom is -0.272 e. The maximum atomic E-state index is 11.5. The molecule has 0 radical (unpaired) electrons. The number of rotatable bonds is 3. The molecule has 0 aromatic heterocycles. The summed E-state index contributed by atoms with van der Waals surface area (Å²) in [5.74, 6) is -0.145. The number of amides is 1. The molecule has 1 aromatic rings. The summed E-state index contributed by atoms with van der Waals surface area (Å²) in [6.45, 7) is 5.64. The Morgan fingerprint density at radius 2 is 2.12 bits per heavy atom. The van der Waals surface area contributed by atoms with Crippen LogP contribution in [0.5, 0.6) is 0 Å². The number of hydrogen-bond donors (Lipinski definition) is 1. The van der Waals surface area contributed by atoms with E-state index in [-0.39, 0.29) is 11.5 Å². The van der Waals surface area contributed by atoms with Crippen LogP contribution >= 0.6 is 15.9 Å². The molecule has 0 aliphatic heterocycles. The zero-order valence-corrected chi connectivity index (χ0v) is 11.3. The fourth-order valence-electron chi connectivity index (χ4n) is 1.08. The summed E-state index contributed by atoms with van der Waals surface area (Å²) >= 11 is 3.36. The van der Waals surface area contributed by atoms with E-state index < -0.39 is 0 Å². The molecule has 0 saturated carbocycles. The summed E-state index contributed by atoms with van der Waals surface area (Å²) in [6, 6.07) is 7.64. The van der Waals surface area contributed by atoms with Gasteiger partial charge in [-0.3, -0.25) is 9.63 Å². The first-order valence-corrected chi connectivity index (χ1v) is 5.87. The monoisotopic (exact) mass is 285 g/mol. The highest BCUT2D eigenvalue weighted by atomic mass is 79.9. The first kappa shape index (κ1) is 13.2. The van der Waals surface area contributed by atoms with E-state index >= 15 is 0 Å². The van der Waals surface area contributed by atoms with Gasteiger partial charge in [0.15, 0.2) is 0 Å². The molecule has 0 atom stereocenters. The van der Waals surface area contributed by atoms with Gasteiger partial charge in [0.1, 0.15) is 0 Å². The van der Waals surface area contributed by atoms with E-state index in [2.05, 4.69) is 21.4 Å². The van der Waals surface area contributed by atoms with Crippen molar-refractivity contribution in [3.8, 4) is 0 Å². The van der Waals surface area contributed by atoms with Crippen LogP contribution in [0.2, 0.25) is 0 Å². The van der Waals surface area contributed by atoms with Gasteiger partial charge in [0.05, 0.1) is 12.0 Å². The zero-order chi connectivity index (χ0) is 12.2. The maximum absolute atomic E-state index is 11.5. The lowest BCUT2D eigenvalue weighted by atomic mass is 10.1. The van der Waals surface area contributed by atoms with Crippen LogP contribution < -0.4 is 5.48 Å². The molecular weight excluding hydrogens is 270 g/mol. The van der Waals surface area contributed by atoms with Crippen LogP contribution in [0.25, 0.3) is 0 Å². The molecular formula is C12H16BrNO2. The third-order valence-corrected chi connectivity index (χ3v) is 2.22. The topological polar surface area (TPSA) is 38.3 Å². The van der Waals surface area contributed by atoms with Gasteiger partial charge >= 0.3 is 0 Å². The molecule has 0 aliphatic rings. The predicted molar refractivity (Wildman–Crippen MR) is 66.8 cm³/mol. The molecule has 0 aliphatic carbocycles. The van der Waals surface area contributed by atoms with Gasteiger partial charge in [0, 0.05) is 4.47 Å². The van der Waals surface area contributed by atoms with Crippen LogP contribution in [0.3, 0.4) is 0 Å². The second kappa shape index (κ2) is 5.46. The number of halogens is 1. The highest BCUT2D eigenvalue weighted by Gasteiger charge is 2.12. The van der Waals surface area contributed by atoms with Gasteiger partial charge in [-0.1, -0.05) is 28.1 Å². The third kappa shape index (κ3) is 5.28. The average molecular weight is 286 g/mol. The molecule has 1 rings (SSSR count). The van der Waals surface area contributed by atoms with E-state index in [1.54, 1.807) is 0 Å². The molecule has 0 spiro atoms. The standard InChI is InChI=1S/C12H16BrNO2/c1-12(2,3)16-14-11(15)8-9-5-4-6-10(13)7-9/h4-7H,8H2,1-3H3,(H,14,15). The van der Waals surface area contributed by atoms with Gasteiger partial charge in [-0.25, -0.2) is 5.48 Å². The van der Waals surface area contributed by atoms with Gasteiger partial charge in [0.2, 0.25) is 5.91 Å². The van der Waals surface area contributed by atoms with Crippen LogP contribution in [0.15, 0.2) is 28.7 Å². The summed E-state index contributed by atoms with van der Waals surface area (Å²) in [4.78, 5) is 16.7. The van der Waals surface area contributed by atoms with Crippen molar-refractivity contribution in [1.29, 1.82) is 0 Å². The Hall–Kier alpha value is -0.870. The van der Waals surface area contributed by atoms with Crippen molar-refractivity contribution in [3.05, 3.63) is 34.3 Å². The largest absolute Gasteiger partial charge is 0.272 e. The third-order valence-electron chi connectivity index (χ3n) is 1.72. The lowest BCUT2D eigenvalue weighted by Crippen LogP contribution is -2.34. The highest BCUT2D eigenvalue weighted by Crippen LogP contribution is 2.12. The molecule has 0 unspecified atom stereocenters.